The lowest BCUT2D eigenvalue weighted by atomic mass is 10.2. The van der Waals surface area contributed by atoms with Crippen LogP contribution in [0.5, 0.6) is 5.75 Å². The quantitative estimate of drug-likeness (QED) is 0.522. The standard InChI is InChI=1S/C16H21ClN4O2S/c1-3-4-5-8-18-14(22)10-24-16-19-15(20-21-16)12-9-11(17)6-7-13(12)23-2/h6-7,9H,3-5,8,10H2,1-2H3,(H,18,22)(H,19,20,21). The predicted molar refractivity (Wildman–Crippen MR) is 96.6 cm³/mol. The van der Waals surface area contributed by atoms with Gasteiger partial charge in [-0.3, -0.25) is 9.89 Å². The van der Waals surface area contributed by atoms with Crippen LogP contribution in [0.25, 0.3) is 11.4 Å². The van der Waals surface area contributed by atoms with E-state index in [0.29, 0.717) is 28.3 Å². The highest BCUT2D eigenvalue weighted by atomic mass is 35.5. The third-order valence-corrected chi connectivity index (χ3v) is 4.40. The molecule has 1 heterocycles. The molecule has 1 amide bonds. The summed E-state index contributed by atoms with van der Waals surface area (Å²) in [6.45, 7) is 2.85. The number of carbonyl (C=O) groups is 1. The van der Waals surface area contributed by atoms with Crippen LogP contribution in [0.2, 0.25) is 5.02 Å². The number of methoxy groups -OCH3 is 1. The number of unbranched alkanes of at least 4 members (excludes halogenated alkanes) is 2. The van der Waals surface area contributed by atoms with Crippen molar-refractivity contribution in [1.82, 2.24) is 20.5 Å². The Hall–Kier alpha value is -1.73. The van der Waals surface area contributed by atoms with Gasteiger partial charge < -0.3 is 10.1 Å². The van der Waals surface area contributed by atoms with Gasteiger partial charge >= 0.3 is 0 Å². The van der Waals surface area contributed by atoms with Crippen molar-refractivity contribution in [3.05, 3.63) is 23.2 Å². The number of hydrogen-bond acceptors (Lipinski definition) is 5. The van der Waals surface area contributed by atoms with Gasteiger partial charge in [-0.15, -0.1) is 5.10 Å². The molecule has 1 aromatic carbocycles. The number of amides is 1. The first-order chi connectivity index (χ1) is 11.6. The molecular weight excluding hydrogens is 348 g/mol. The minimum atomic E-state index is -0.0113. The van der Waals surface area contributed by atoms with E-state index in [2.05, 4.69) is 27.4 Å². The molecule has 0 radical (unpaired) electrons. The van der Waals surface area contributed by atoms with Crippen LogP contribution in [0.1, 0.15) is 26.2 Å². The van der Waals surface area contributed by atoms with Gasteiger partial charge in [0.1, 0.15) is 5.75 Å². The summed E-state index contributed by atoms with van der Waals surface area (Å²) in [5, 5.41) is 11.0. The van der Waals surface area contributed by atoms with Crippen molar-refractivity contribution in [2.24, 2.45) is 0 Å². The molecule has 6 nitrogen and oxygen atoms in total. The molecule has 8 heteroatoms. The number of halogens is 1. The highest BCUT2D eigenvalue weighted by Crippen LogP contribution is 2.31. The molecule has 0 atom stereocenters. The second kappa shape index (κ2) is 9.54. The number of rotatable bonds is 9. The second-order valence-electron chi connectivity index (χ2n) is 5.16. The van der Waals surface area contributed by atoms with Crippen LogP contribution in [0.3, 0.4) is 0 Å². The van der Waals surface area contributed by atoms with Crippen LogP contribution in [0.15, 0.2) is 23.4 Å². The second-order valence-corrected chi connectivity index (χ2v) is 6.54. The Labute approximate surface area is 150 Å². The summed E-state index contributed by atoms with van der Waals surface area (Å²) < 4.78 is 5.31. The first kappa shape index (κ1) is 18.6. The minimum absolute atomic E-state index is 0.0113. The summed E-state index contributed by atoms with van der Waals surface area (Å²) in [5.74, 6) is 1.49. The van der Waals surface area contributed by atoms with E-state index in [0.717, 1.165) is 24.8 Å². The number of thioether (sulfide) groups is 1. The van der Waals surface area contributed by atoms with Crippen molar-refractivity contribution < 1.29 is 9.53 Å². The molecule has 24 heavy (non-hydrogen) atoms. The average Bonchev–Trinajstić information content (AvgIpc) is 3.06. The van der Waals surface area contributed by atoms with Crippen molar-refractivity contribution in [2.75, 3.05) is 19.4 Å². The van der Waals surface area contributed by atoms with Gasteiger partial charge in [0.2, 0.25) is 11.1 Å². The zero-order chi connectivity index (χ0) is 17.4. The van der Waals surface area contributed by atoms with E-state index in [9.17, 15) is 4.79 Å². The molecular formula is C16H21ClN4O2S. The summed E-state index contributed by atoms with van der Waals surface area (Å²) in [6.07, 6.45) is 3.27. The van der Waals surface area contributed by atoms with E-state index in [1.807, 2.05) is 0 Å². The highest BCUT2D eigenvalue weighted by Gasteiger charge is 2.13. The summed E-state index contributed by atoms with van der Waals surface area (Å²) in [5.41, 5.74) is 0.730. The Kier molecular flexibility index (Phi) is 7.39. The molecule has 0 aliphatic heterocycles. The van der Waals surface area contributed by atoms with Gasteiger partial charge in [-0.2, -0.15) is 0 Å². The summed E-state index contributed by atoms with van der Waals surface area (Å²) in [7, 11) is 1.58. The molecule has 0 aliphatic carbocycles. The third-order valence-electron chi connectivity index (χ3n) is 3.32. The van der Waals surface area contributed by atoms with Gasteiger partial charge in [0.15, 0.2) is 5.82 Å². The molecule has 0 aliphatic rings. The van der Waals surface area contributed by atoms with Crippen LogP contribution in [0.4, 0.5) is 0 Å². The van der Waals surface area contributed by atoms with Crippen molar-refractivity contribution >= 4 is 29.3 Å². The largest absolute Gasteiger partial charge is 0.496 e. The van der Waals surface area contributed by atoms with Gasteiger partial charge in [0, 0.05) is 11.6 Å². The maximum atomic E-state index is 11.8. The third kappa shape index (κ3) is 5.42. The van der Waals surface area contributed by atoms with E-state index in [1.54, 1.807) is 25.3 Å². The molecule has 0 bridgehead atoms. The number of nitrogens with one attached hydrogen (secondary N) is 2. The number of aromatic amines is 1. The molecule has 2 aromatic rings. The van der Waals surface area contributed by atoms with Crippen molar-refractivity contribution in [3.63, 3.8) is 0 Å². The number of H-pyrrole nitrogens is 1. The number of hydrogen-bond donors (Lipinski definition) is 2. The van der Waals surface area contributed by atoms with Crippen LogP contribution in [0, 0.1) is 0 Å². The SMILES string of the molecule is CCCCCNC(=O)CSc1n[nH]c(-c2cc(Cl)ccc2OC)n1. The predicted octanol–water partition coefficient (Wildman–Crippen LogP) is 3.53. The molecule has 130 valence electrons. The van der Waals surface area contributed by atoms with Gasteiger partial charge in [-0.25, -0.2) is 4.98 Å². The van der Waals surface area contributed by atoms with Gasteiger partial charge in [-0.05, 0) is 24.6 Å². The lowest BCUT2D eigenvalue weighted by Crippen LogP contribution is -2.26. The molecule has 2 rings (SSSR count). The Morgan fingerprint density at radius 2 is 2.25 bits per heavy atom. The Bertz CT molecular complexity index is 678. The zero-order valence-electron chi connectivity index (χ0n) is 13.8. The summed E-state index contributed by atoms with van der Waals surface area (Å²) >= 11 is 7.31. The molecule has 0 unspecified atom stereocenters. The zero-order valence-corrected chi connectivity index (χ0v) is 15.3. The number of ether oxygens (including phenoxy) is 1. The van der Waals surface area contributed by atoms with Gasteiger partial charge in [-0.1, -0.05) is 43.1 Å². The fraction of sp³-hybridized carbons (Fsp3) is 0.438. The first-order valence-electron chi connectivity index (χ1n) is 7.79. The van der Waals surface area contributed by atoms with Crippen molar-refractivity contribution in [2.45, 2.75) is 31.3 Å². The normalized spacial score (nSPS) is 10.6. The fourth-order valence-electron chi connectivity index (χ4n) is 2.08. The van der Waals surface area contributed by atoms with E-state index in [4.69, 9.17) is 16.3 Å². The molecule has 2 N–H and O–H groups in total. The van der Waals surface area contributed by atoms with Crippen LogP contribution < -0.4 is 10.1 Å². The Morgan fingerprint density at radius 3 is 3.00 bits per heavy atom. The first-order valence-corrected chi connectivity index (χ1v) is 9.16. The lowest BCUT2D eigenvalue weighted by molar-refractivity contribution is -0.118. The fourth-order valence-corrected chi connectivity index (χ4v) is 2.88. The lowest BCUT2D eigenvalue weighted by Gasteiger charge is -2.05. The molecule has 0 spiro atoms. The number of nitrogens with zero attached hydrogens (tertiary/aromatic N) is 2. The number of benzene rings is 1. The van der Waals surface area contributed by atoms with Gasteiger partial charge in [0.25, 0.3) is 0 Å². The van der Waals surface area contributed by atoms with E-state index in [1.165, 1.54) is 11.8 Å². The van der Waals surface area contributed by atoms with E-state index < -0.39 is 0 Å². The average molecular weight is 369 g/mol. The topological polar surface area (TPSA) is 79.9 Å². The Balaban J connectivity index is 1.92. The highest BCUT2D eigenvalue weighted by molar-refractivity contribution is 7.99. The van der Waals surface area contributed by atoms with Gasteiger partial charge in [0.05, 0.1) is 18.4 Å². The molecule has 0 saturated carbocycles. The molecule has 0 saturated heterocycles. The van der Waals surface area contributed by atoms with Crippen molar-refractivity contribution in [3.8, 4) is 17.1 Å². The molecule has 1 aromatic heterocycles. The van der Waals surface area contributed by atoms with E-state index >= 15 is 0 Å². The monoisotopic (exact) mass is 368 g/mol. The smallest absolute Gasteiger partial charge is 0.230 e. The minimum Gasteiger partial charge on any atom is -0.496 e. The van der Waals surface area contributed by atoms with Crippen LogP contribution in [-0.4, -0.2) is 40.5 Å². The van der Waals surface area contributed by atoms with Crippen LogP contribution in [-0.2, 0) is 4.79 Å². The maximum absolute atomic E-state index is 11.8. The molecule has 0 fully saturated rings. The van der Waals surface area contributed by atoms with Crippen molar-refractivity contribution in [1.29, 1.82) is 0 Å². The number of carbonyl (C=O) groups excluding carboxylic acids is 1. The Morgan fingerprint density at radius 1 is 1.42 bits per heavy atom. The maximum Gasteiger partial charge on any atom is 0.230 e. The van der Waals surface area contributed by atoms with E-state index in [-0.39, 0.29) is 11.7 Å². The number of aromatic nitrogens is 3. The van der Waals surface area contributed by atoms with Crippen LogP contribution >= 0.6 is 23.4 Å². The summed E-state index contributed by atoms with van der Waals surface area (Å²) in [4.78, 5) is 16.2. The summed E-state index contributed by atoms with van der Waals surface area (Å²) in [6, 6.07) is 5.28.